The van der Waals surface area contributed by atoms with Gasteiger partial charge < -0.3 is 9.64 Å². The molecule has 3 aliphatic rings. The maximum atomic E-state index is 14.2. The number of carbonyl (C=O) groups excluding carboxylic acids is 1. The second-order valence-electron chi connectivity index (χ2n) is 8.67. The zero-order valence-electron chi connectivity index (χ0n) is 18.2. The number of carbonyl (C=O) groups is 1. The van der Waals surface area contributed by atoms with Gasteiger partial charge in [0.15, 0.2) is 5.82 Å². The van der Waals surface area contributed by atoms with Crippen LogP contribution >= 0.6 is 0 Å². The van der Waals surface area contributed by atoms with Crippen molar-refractivity contribution in [2.75, 3.05) is 6.67 Å². The number of hydrogen-bond acceptors (Lipinski definition) is 5. The fourth-order valence-electron chi connectivity index (χ4n) is 5.06. The Morgan fingerprint density at radius 1 is 1.15 bits per heavy atom. The minimum atomic E-state index is -0.658. The first-order valence-corrected chi connectivity index (χ1v) is 11.1. The lowest BCUT2D eigenvalue weighted by molar-refractivity contribution is -0.0703. The number of alkyl halides is 1. The van der Waals surface area contributed by atoms with Gasteiger partial charge >= 0.3 is 0 Å². The van der Waals surface area contributed by atoms with E-state index in [0.717, 1.165) is 12.0 Å². The van der Waals surface area contributed by atoms with E-state index in [9.17, 15) is 13.6 Å². The van der Waals surface area contributed by atoms with Crippen molar-refractivity contribution in [3.63, 3.8) is 0 Å². The van der Waals surface area contributed by atoms with E-state index >= 15 is 0 Å². The lowest BCUT2D eigenvalue weighted by Crippen LogP contribution is -2.65. The molecule has 4 heterocycles. The van der Waals surface area contributed by atoms with E-state index in [1.165, 1.54) is 18.2 Å². The maximum Gasteiger partial charge on any atom is 0.255 e. The van der Waals surface area contributed by atoms with Crippen molar-refractivity contribution < 1.29 is 18.3 Å². The summed E-state index contributed by atoms with van der Waals surface area (Å²) in [6.45, 7) is 1.29. The van der Waals surface area contributed by atoms with Crippen LogP contribution in [0.25, 0.3) is 11.4 Å². The van der Waals surface area contributed by atoms with Crippen molar-refractivity contribution in [1.29, 1.82) is 0 Å². The smallest absolute Gasteiger partial charge is 0.255 e. The molecule has 170 valence electrons. The maximum absolute atomic E-state index is 14.2. The Balaban J connectivity index is 1.50. The Morgan fingerprint density at radius 3 is 2.70 bits per heavy atom. The van der Waals surface area contributed by atoms with Crippen molar-refractivity contribution >= 4 is 5.91 Å². The summed E-state index contributed by atoms with van der Waals surface area (Å²) in [5, 5.41) is 0. The lowest BCUT2D eigenvalue weighted by Gasteiger charge is -2.53. The molecule has 1 aromatic carbocycles. The van der Waals surface area contributed by atoms with Gasteiger partial charge in [0.1, 0.15) is 18.6 Å². The molecule has 2 saturated heterocycles. The molecule has 1 saturated carbocycles. The third-order valence-electron chi connectivity index (χ3n) is 6.62. The fraction of sp³-hybridized carbons (Fsp3) is 0.360. The van der Waals surface area contributed by atoms with Crippen LogP contribution in [0.15, 0.2) is 55.0 Å². The van der Waals surface area contributed by atoms with Crippen molar-refractivity contribution in [2.45, 2.75) is 44.4 Å². The number of aryl methyl sites for hydroxylation is 1. The van der Waals surface area contributed by atoms with Gasteiger partial charge in [0.2, 0.25) is 5.88 Å². The van der Waals surface area contributed by atoms with Crippen molar-refractivity contribution in [3.05, 3.63) is 71.9 Å². The number of fused-ring (bicyclic) bond motifs is 3. The second kappa shape index (κ2) is 8.84. The largest absolute Gasteiger partial charge is 0.472 e. The average Bonchev–Trinajstić information content (AvgIpc) is 2.85. The summed E-state index contributed by atoms with van der Waals surface area (Å²) in [7, 11) is 0. The van der Waals surface area contributed by atoms with E-state index in [2.05, 4.69) is 15.0 Å². The van der Waals surface area contributed by atoms with Crippen molar-refractivity contribution in [2.24, 2.45) is 5.92 Å². The van der Waals surface area contributed by atoms with Crippen LogP contribution in [0, 0.1) is 18.7 Å². The molecule has 8 heteroatoms. The summed E-state index contributed by atoms with van der Waals surface area (Å²) in [5.74, 6) is -0.222. The average molecular weight is 450 g/mol. The van der Waals surface area contributed by atoms with Gasteiger partial charge in [-0.25, -0.2) is 23.7 Å². The Morgan fingerprint density at radius 2 is 1.97 bits per heavy atom. The van der Waals surface area contributed by atoms with Crippen LogP contribution in [0.1, 0.15) is 35.2 Å². The molecule has 6 nitrogen and oxygen atoms in total. The minimum Gasteiger partial charge on any atom is -0.472 e. The van der Waals surface area contributed by atoms with Gasteiger partial charge in [0, 0.05) is 30.2 Å². The Labute approximate surface area is 190 Å². The van der Waals surface area contributed by atoms with Crippen LogP contribution < -0.4 is 4.74 Å². The Bertz CT molecular complexity index is 1140. The second-order valence-corrected chi connectivity index (χ2v) is 8.67. The summed E-state index contributed by atoms with van der Waals surface area (Å²) < 4.78 is 34.6. The van der Waals surface area contributed by atoms with E-state index in [1.807, 2.05) is 13.0 Å². The monoisotopic (exact) mass is 450 g/mol. The molecule has 6 rings (SSSR count). The molecule has 1 aliphatic carbocycles. The first kappa shape index (κ1) is 21.4. The van der Waals surface area contributed by atoms with Crippen molar-refractivity contribution in [3.8, 4) is 17.3 Å². The molecule has 3 fully saturated rings. The first-order valence-electron chi connectivity index (χ1n) is 11.1. The predicted octanol–water partition coefficient (Wildman–Crippen LogP) is 4.40. The van der Waals surface area contributed by atoms with E-state index in [0.29, 0.717) is 30.1 Å². The Hall–Kier alpha value is -3.42. The Kier molecular flexibility index (Phi) is 5.74. The van der Waals surface area contributed by atoms with Gasteiger partial charge in [-0.3, -0.25) is 4.79 Å². The number of pyridine rings is 1. The van der Waals surface area contributed by atoms with Gasteiger partial charge in [-0.1, -0.05) is 6.07 Å². The zero-order chi connectivity index (χ0) is 22.9. The number of nitrogens with zero attached hydrogens (tertiary/aromatic N) is 4. The molecule has 0 N–H and O–H groups in total. The van der Waals surface area contributed by atoms with Crippen LogP contribution in [0.2, 0.25) is 0 Å². The molecule has 0 spiro atoms. The molecule has 1 amide bonds. The quantitative estimate of drug-likeness (QED) is 0.577. The fourth-order valence-corrected chi connectivity index (χ4v) is 5.06. The highest BCUT2D eigenvalue weighted by Crippen LogP contribution is 2.42. The number of benzene rings is 1. The molecule has 4 unspecified atom stereocenters. The van der Waals surface area contributed by atoms with Crippen molar-refractivity contribution in [1.82, 2.24) is 19.9 Å². The highest BCUT2D eigenvalue weighted by molar-refractivity contribution is 6.00. The van der Waals surface area contributed by atoms with Gasteiger partial charge in [-0.05, 0) is 61.9 Å². The van der Waals surface area contributed by atoms with Gasteiger partial charge in [-0.2, -0.15) is 0 Å². The van der Waals surface area contributed by atoms with Gasteiger partial charge in [0.25, 0.3) is 5.91 Å². The molecule has 4 atom stereocenters. The van der Waals surface area contributed by atoms with E-state index in [4.69, 9.17) is 4.74 Å². The highest BCUT2D eigenvalue weighted by atomic mass is 19.1. The molecule has 3 aromatic rings. The SMILES string of the molecule is Cc1ccc(OC2CC3CCC2N(C(=O)c2cc(F)ccc2-c2ncccn2)C3CF)nc1. The molecule has 0 radical (unpaired) electrons. The normalized spacial score (nSPS) is 24.0. The summed E-state index contributed by atoms with van der Waals surface area (Å²) in [4.78, 5) is 28.1. The molecular formula is C25H24F2N4O2. The van der Waals surface area contributed by atoms with E-state index in [1.54, 1.807) is 35.6 Å². The number of aromatic nitrogens is 3. The summed E-state index contributed by atoms with van der Waals surface area (Å²) in [5.41, 5.74) is 1.56. The molecule has 33 heavy (non-hydrogen) atoms. The van der Waals surface area contributed by atoms with Gasteiger partial charge in [0.05, 0.1) is 17.6 Å². The lowest BCUT2D eigenvalue weighted by atomic mass is 9.72. The number of piperidine rings is 2. The first-order chi connectivity index (χ1) is 16.0. The van der Waals surface area contributed by atoms with Crippen LogP contribution in [-0.4, -0.2) is 50.6 Å². The number of ether oxygens (including phenoxy) is 1. The zero-order valence-corrected chi connectivity index (χ0v) is 18.2. The summed E-state index contributed by atoms with van der Waals surface area (Å²) in [6, 6.07) is 8.42. The summed E-state index contributed by atoms with van der Waals surface area (Å²) in [6.07, 6.45) is 6.70. The minimum absolute atomic E-state index is 0.0376. The molecule has 2 bridgehead atoms. The van der Waals surface area contributed by atoms with Crippen LogP contribution in [0.3, 0.4) is 0 Å². The topological polar surface area (TPSA) is 68.2 Å². The number of amides is 1. The summed E-state index contributed by atoms with van der Waals surface area (Å²) >= 11 is 0. The van der Waals surface area contributed by atoms with Crippen LogP contribution in [0.5, 0.6) is 5.88 Å². The predicted molar refractivity (Wildman–Crippen MR) is 118 cm³/mol. The molecular weight excluding hydrogens is 426 g/mol. The highest BCUT2D eigenvalue weighted by Gasteiger charge is 2.50. The number of rotatable bonds is 5. The third-order valence-corrected chi connectivity index (χ3v) is 6.62. The number of halogens is 2. The molecule has 2 aromatic heterocycles. The number of hydrogen-bond donors (Lipinski definition) is 0. The van der Waals surface area contributed by atoms with E-state index < -0.39 is 24.4 Å². The van der Waals surface area contributed by atoms with Gasteiger partial charge in [-0.15, -0.1) is 0 Å². The standard InChI is InChI=1S/C25H24F2N4O2/c1-15-3-8-23(30-14-15)33-22-11-16-4-7-20(22)31(21(16)13-26)25(32)19-12-17(27)5-6-18(19)24-28-9-2-10-29-24/h2-3,5-6,8-10,12,14,16,20-22H,4,7,11,13H2,1H3. The van der Waals surface area contributed by atoms with Crippen LogP contribution in [0.4, 0.5) is 8.78 Å². The van der Waals surface area contributed by atoms with E-state index in [-0.39, 0.29) is 23.6 Å². The van der Waals surface area contributed by atoms with Crippen LogP contribution in [-0.2, 0) is 0 Å². The third kappa shape index (κ3) is 4.05. The molecule has 2 aliphatic heterocycles.